The Balaban J connectivity index is 1.89. The Kier molecular flexibility index (Phi) is 5.82. The summed E-state index contributed by atoms with van der Waals surface area (Å²) in [6, 6.07) is 8.95. The Morgan fingerprint density at radius 2 is 2.33 bits per heavy atom. The molecule has 0 bridgehead atoms. The largest absolute Gasteiger partial charge is 0.313 e. The zero-order chi connectivity index (χ0) is 12.6. The van der Waals surface area contributed by atoms with Crippen LogP contribution >= 0.6 is 11.8 Å². The van der Waals surface area contributed by atoms with Gasteiger partial charge in [0.05, 0.1) is 0 Å². The summed E-state index contributed by atoms with van der Waals surface area (Å²) < 4.78 is 0. The molecule has 0 aromatic heterocycles. The van der Waals surface area contributed by atoms with E-state index in [1.54, 1.807) is 0 Å². The molecule has 98 valence electrons. The average Bonchev–Trinajstić information content (AvgIpc) is 2.41. The van der Waals surface area contributed by atoms with E-state index >= 15 is 0 Å². The van der Waals surface area contributed by atoms with Gasteiger partial charge >= 0.3 is 0 Å². The number of rotatable bonds is 6. The fraction of sp³-hybridized carbons (Fsp3) is 0.500. The lowest BCUT2D eigenvalue weighted by Gasteiger charge is -2.16. The zero-order valence-corrected chi connectivity index (χ0v) is 12.0. The van der Waals surface area contributed by atoms with Crippen molar-refractivity contribution in [1.82, 2.24) is 5.32 Å². The van der Waals surface area contributed by atoms with Gasteiger partial charge in [0.1, 0.15) is 0 Å². The summed E-state index contributed by atoms with van der Waals surface area (Å²) >= 11 is 2.00. The normalized spacial score (nSPS) is 19.1. The molecule has 0 radical (unpaired) electrons. The van der Waals surface area contributed by atoms with Gasteiger partial charge < -0.3 is 5.32 Å². The number of thioether (sulfide) groups is 1. The van der Waals surface area contributed by atoms with E-state index < -0.39 is 0 Å². The fourth-order valence-electron chi connectivity index (χ4n) is 2.19. The lowest BCUT2D eigenvalue weighted by Crippen LogP contribution is -2.13. The van der Waals surface area contributed by atoms with Crippen LogP contribution in [0.15, 0.2) is 41.3 Å². The van der Waals surface area contributed by atoms with Crippen molar-refractivity contribution in [3.8, 4) is 0 Å². The standard InChI is InChI=1S/C16H23NS/c1-2-11-17-13-14-7-6-10-16(12-14)18-15-8-4-3-5-9-15/h4,6-8,10,12,15,17H,2-3,5,9,11,13H2,1H3. The second kappa shape index (κ2) is 7.65. The van der Waals surface area contributed by atoms with Crippen molar-refractivity contribution < 1.29 is 0 Å². The molecule has 1 aromatic carbocycles. The first-order valence-corrected chi connectivity index (χ1v) is 7.89. The molecule has 0 aliphatic heterocycles. The van der Waals surface area contributed by atoms with E-state index in [1.165, 1.54) is 36.1 Å². The number of allylic oxidation sites excluding steroid dienone is 1. The molecule has 0 spiro atoms. The van der Waals surface area contributed by atoms with Gasteiger partial charge in [-0.25, -0.2) is 0 Å². The van der Waals surface area contributed by atoms with E-state index in [2.05, 4.69) is 48.7 Å². The van der Waals surface area contributed by atoms with Crippen molar-refractivity contribution in [3.05, 3.63) is 42.0 Å². The Morgan fingerprint density at radius 3 is 3.11 bits per heavy atom. The SMILES string of the molecule is CCCNCc1cccc(SC2C=CCCC2)c1. The fourth-order valence-corrected chi connectivity index (χ4v) is 3.39. The second-order valence-electron chi connectivity index (χ2n) is 4.84. The molecule has 1 aliphatic carbocycles. The average molecular weight is 261 g/mol. The smallest absolute Gasteiger partial charge is 0.0274 e. The highest BCUT2D eigenvalue weighted by Crippen LogP contribution is 2.30. The minimum absolute atomic E-state index is 0.678. The van der Waals surface area contributed by atoms with Crippen LogP contribution in [0.1, 0.15) is 38.2 Å². The third kappa shape index (κ3) is 4.51. The third-order valence-corrected chi connectivity index (χ3v) is 4.37. The first-order chi connectivity index (χ1) is 8.88. The van der Waals surface area contributed by atoms with Crippen LogP contribution in [0.25, 0.3) is 0 Å². The number of nitrogens with one attached hydrogen (secondary N) is 1. The van der Waals surface area contributed by atoms with Crippen molar-refractivity contribution in [2.75, 3.05) is 6.54 Å². The predicted octanol–water partition coefficient (Wildman–Crippen LogP) is 4.39. The van der Waals surface area contributed by atoms with Crippen LogP contribution in [0.2, 0.25) is 0 Å². The molecule has 0 amide bonds. The summed E-state index contributed by atoms with van der Waals surface area (Å²) in [5.74, 6) is 0. The molecular formula is C16H23NS. The van der Waals surface area contributed by atoms with Crippen LogP contribution < -0.4 is 5.32 Å². The van der Waals surface area contributed by atoms with Gasteiger partial charge in [-0.1, -0.05) is 31.2 Å². The summed E-state index contributed by atoms with van der Waals surface area (Å²) in [7, 11) is 0. The first kappa shape index (κ1) is 13.7. The predicted molar refractivity (Wildman–Crippen MR) is 81.1 cm³/mol. The van der Waals surface area contributed by atoms with Gasteiger partial charge in [-0.2, -0.15) is 0 Å². The van der Waals surface area contributed by atoms with Crippen molar-refractivity contribution >= 4 is 11.8 Å². The maximum atomic E-state index is 3.46. The van der Waals surface area contributed by atoms with Crippen molar-refractivity contribution in [2.45, 2.75) is 49.3 Å². The van der Waals surface area contributed by atoms with Crippen LogP contribution in [0.5, 0.6) is 0 Å². The van der Waals surface area contributed by atoms with E-state index in [1.807, 2.05) is 11.8 Å². The van der Waals surface area contributed by atoms with E-state index in [0.29, 0.717) is 5.25 Å². The quantitative estimate of drug-likeness (QED) is 0.602. The Hall–Kier alpha value is -0.730. The van der Waals surface area contributed by atoms with Gasteiger partial charge in [0.2, 0.25) is 0 Å². The minimum atomic E-state index is 0.678. The van der Waals surface area contributed by atoms with E-state index in [0.717, 1.165) is 13.1 Å². The number of hydrogen-bond donors (Lipinski definition) is 1. The summed E-state index contributed by atoms with van der Waals surface area (Å²) in [5.41, 5.74) is 1.40. The van der Waals surface area contributed by atoms with Crippen LogP contribution in [0.3, 0.4) is 0 Å². The molecule has 1 atom stereocenters. The number of benzene rings is 1. The van der Waals surface area contributed by atoms with Gasteiger partial charge in [-0.3, -0.25) is 0 Å². The molecule has 1 unspecified atom stereocenters. The van der Waals surface area contributed by atoms with Gasteiger partial charge in [-0.15, -0.1) is 11.8 Å². The molecular weight excluding hydrogens is 238 g/mol. The van der Waals surface area contributed by atoms with Crippen molar-refractivity contribution in [1.29, 1.82) is 0 Å². The highest BCUT2D eigenvalue weighted by molar-refractivity contribution is 8.00. The minimum Gasteiger partial charge on any atom is -0.313 e. The molecule has 2 rings (SSSR count). The maximum Gasteiger partial charge on any atom is 0.0274 e. The van der Waals surface area contributed by atoms with Gasteiger partial charge in [0, 0.05) is 16.7 Å². The van der Waals surface area contributed by atoms with E-state index in [-0.39, 0.29) is 0 Å². The Labute approximate surface area is 115 Å². The molecule has 1 aromatic rings. The van der Waals surface area contributed by atoms with Crippen LogP contribution in [-0.2, 0) is 6.54 Å². The molecule has 18 heavy (non-hydrogen) atoms. The highest BCUT2D eigenvalue weighted by atomic mass is 32.2. The second-order valence-corrected chi connectivity index (χ2v) is 6.15. The molecule has 0 saturated carbocycles. The van der Waals surface area contributed by atoms with Crippen LogP contribution in [0, 0.1) is 0 Å². The monoisotopic (exact) mass is 261 g/mol. The molecule has 1 nitrogen and oxygen atoms in total. The highest BCUT2D eigenvalue weighted by Gasteiger charge is 2.09. The Morgan fingerprint density at radius 1 is 1.39 bits per heavy atom. The van der Waals surface area contributed by atoms with Gasteiger partial charge in [0.25, 0.3) is 0 Å². The first-order valence-electron chi connectivity index (χ1n) is 7.01. The van der Waals surface area contributed by atoms with Crippen LogP contribution in [0.4, 0.5) is 0 Å². The number of hydrogen-bond acceptors (Lipinski definition) is 2. The Bertz CT molecular complexity index is 386. The van der Waals surface area contributed by atoms with Crippen LogP contribution in [-0.4, -0.2) is 11.8 Å². The summed E-state index contributed by atoms with van der Waals surface area (Å²) in [4.78, 5) is 1.40. The summed E-state index contributed by atoms with van der Waals surface area (Å²) in [5, 5.41) is 4.14. The third-order valence-electron chi connectivity index (χ3n) is 3.15. The van der Waals surface area contributed by atoms with Crippen molar-refractivity contribution in [3.63, 3.8) is 0 Å². The maximum absolute atomic E-state index is 3.46. The van der Waals surface area contributed by atoms with E-state index in [4.69, 9.17) is 0 Å². The zero-order valence-electron chi connectivity index (χ0n) is 11.2. The van der Waals surface area contributed by atoms with Gasteiger partial charge in [-0.05, 0) is 49.9 Å². The lowest BCUT2D eigenvalue weighted by molar-refractivity contribution is 0.674. The molecule has 0 fully saturated rings. The molecule has 1 N–H and O–H groups in total. The molecule has 1 aliphatic rings. The lowest BCUT2D eigenvalue weighted by atomic mass is 10.1. The molecule has 0 saturated heterocycles. The van der Waals surface area contributed by atoms with E-state index in [9.17, 15) is 0 Å². The topological polar surface area (TPSA) is 12.0 Å². The summed E-state index contributed by atoms with van der Waals surface area (Å²) in [6.07, 6.45) is 9.81. The summed E-state index contributed by atoms with van der Waals surface area (Å²) in [6.45, 7) is 4.29. The molecule has 0 heterocycles. The van der Waals surface area contributed by atoms with Gasteiger partial charge in [0.15, 0.2) is 0 Å². The van der Waals surface area contributed by atoms with Crippen molar-refractivity contribution in [2.24, 2.45) is 0 Å². The molecule has 2 heteroatoms.